The standard InChI is InChI=1S/C62H36N6/c63-37-39-16-15-17-40(34-39)41-35-57(67-54-29-14-10-25-49(54)60-56(67)33-31-46-44-22-7-11-26-51(44)66(61(46)60)43-20-5-2-6-21-43)50(38-64)58(36-41)68-52-27-12-8-23-45(52)47-30-32-55-59(62(47)68)48-24-9-13-28-53(48)65(55)42-18-3-1-4-19-42/h1-36H. The van der Waals surface area contributed by atoms with Gasteiger partial charge in [-0.25, -0.2) is 0 Å². The first-order valence-corrected chi connectivity index (χ1v) is 22.8. The van der Waals surface area contributed by atoms with Crippen LogP contribution < -0.4 is 0 Å². The van der Waals surface area contributed by atoms with Gasteiger partial charge in [0.2, 0.25) is 0 Å². The molecule has 0 amide bonds. The van der Waals surface area contributed by atoms with E-state index in [4.69, 9.17) is 0 Å². The van der Waals surface area contributed by atoms with Crippen molar-refractivity contribution in [3.8, 4) is 46.0 Å². The molecule has 6 nitrogen and oxygen atoms in total. The molecule has 314 valence electrons. The molecular formula is C62H36N6. The minimum atomic E-state index is 0.531. The van der Waals surface area contributed by atoms with Crippen LogP contribution in [0.15, 0.2) is 218 Å². The van der Waals surface area contributed by atoms with Gasteiger partial charge in [-0.3, -0.25) is 0 Å². The van der Waals surface area contributed by atoms with E-state index >= 15 is 0 Å². The fourth-order valence-corrected chi connectivity index (χ4v) is 11.2. The van der Waals surface area contributed by atoms with Gasteiger partial charge in [0.25, 0.3) is 0 Å². The number of rotatable bonds is 5. The third-order valence-electron chi connectivity index (χ3n) is 14.0. The monoisotopic (exact) mass is 864 g/mol. The summed E-state index contributed by atoms with van der Waals surface area (Å²) in [6.07, 6.45) is 0. The number of nitriles is 2. The van der Waals surface area contributed by atoms with Gasteiger partial charge in [0.15, 0.2) is 0 Å². The molecule has 0 N–H and O–H groups in total. The number of hydrogen-bond acceptors (Lipinski definition) is 2. The molecule has 4 heterocycles. The summed E-state index contributed by atoms with van der Waals surface area (Å²) in [6, 6.07) is 81.7. The molecule has 0 atom stereocenters. The summed E-state index contributed by atoms with van der Waals surface area (Å²) in [5.74, 6) is 0. The summed E-state index contributed by atoms with van der Waals surface area (Å²) in [4.78, 5) is 0. The molecule has 0 radical (unpaired) electrons. The van der Waals surface area contributed by atoms with E-state index in [-0.39, 0.29) is 0 Å². The van der Waals surface area contributed by atoms with E-state index < -0.39 is 0 Å². The van der Waals surface area contributed by atoms with Crippen LogP contribution in [-0.2, 0) is 0 Å². The molecule has 0 aliphatic heterocycles. The second-order valence-electron chi connectivity index (χ2n) is 17.5. The van der Waals surface area contributed by atoms with E-state index in [1.807, 2.05) is 18.2 Å². The third kappa shape index (κ3) is 5.20. The molecule has 4 aromatic heterocycles. The molecule has 10 aromatic carbocycles. The van der Waals surface area contributed by atoms with E-state index in [2.05, 4.69) is 231 Å². The summed E-state index contributed by atoms with van der Waals surface area (Å²) in [6.45, 7) is 0. The Hall–Kier alpha value is -9.62. The molecule has 0 saturated heterocycles. The summed E-state index contributed by atoms with van der Waals surface area (Å²) in [5, 5.41) is 31.0. The molecule has 0 unspecified atom stereocenters. The zero-order chi connectivity index (χ0) is 45.0. The molecule has 14 aromatic rings. The summed E-state index contributed by atoms with van der Waals surface area (Å²) in [7, 11) is 0. The van der Waals surface area contributed by atoms with Crippen molar-refractivity contribution < 1.29 is 0 Å². The molecule has 6 heteroatoms. The number of fused-ring (bicyclic) bond motifs is 14. The topological polar surface area (TPSA) is 67.3 Å². The molecule has 0 saturated carbocycles. The summed E-state index contributed by atoms with van der Waals surface area (Å²) < 4.78 is 9.36. The van der Waals surface area contributed by atoms with Crippen molar-refractivity contribution in [3.63, 3.8) is 0 Å². The average Bonchev–Trinajstić information content (AvgIpc) is 4.13. The van der Waals surface area contributed by atoms with Crippen LogP contribution in [0.5, 0.6) is 0 Å². The van der Waals surface area contributed by atoms with E-state index in [0.29, 0.717) is 11.1 Å². The van der Waals surface area contributed by atoms with E-state index in [1.54, 1.807) is 0 Å². The third-order valence-corrected chi connectivity index (χ3v) is 14.0. The van der Waals surface area contributed by atoms with Crippen LogP contribution in [0, 0.1) is 22.7 Å². The Bertz CT molecular complexity index is 4510. The predicted octanol–water partition coefficient (Wildman–Crippen LogP) is 15.5. The lowest BCUT2D eigenvalue weighted by Gasteiger charge is -2.19. The Kier molecular flexibility index (Phi) is 8.01. The van der Waals surface area contributed by atoms with Gasteiger partial charge in [-0.05, 0) is 96.1 Å². The Morgan fingerprint density at radius 3 is 1.32 bits per heavy atom. The smallest absolute Gasteiger partial charge is 0.104 e. The highest BCUT2D eigenvalue weighted by molar-refractivity contribution is 6.28. The van der Waals surface area contributed by atoms with Crippen molar-refractivity contribution in [3.05, 3.63) is 230 Å². The summed E-state index contributed by atoms with van der Waals surface area (Å²) >= 11 is 0. The molecule has 68 heavy (non-hydrogen) atoms. The number of para-hydroxylation sites is 6. The summed E-state index contributed by atoms with van der Waals surface area (Å²) in [5.41, 5.74) is 14.9. The van der Waals surface area contributed by atoms with Gasteiger partial charge in [-0.15, -0.1) is 0 Å². The Morgan fingerprint density at radius 1 is 0.294 bits per heavy atom. The van der Waals surface area contributed by atoms with Crippen molar-refractivity contribution in [2.75, 3.05) is 0 Å². The van der Waals surface area contributed by atoms with Crippen LogP contribution in [0.4, 0.5) is 0 Å². The lowest BCUT2D eigenvalue weighted by Crippen LogP contribution is -2.05. The molecule has 0 bridgehead atoms. The van der Waals surface area contributed by atoms with Crippen molar-refractivity contribution in [1.29, 1.82) is 10.5 Å². The SMILES string of the molecule is N#Cc1cccc(-c2cc(-n3c4ccccc4c4c3ccc3c5ccccc5n(-c5ccccc5)c34)c(C#N)c(-n3c4ccccc4c4ccc5c(c6ccccc6n5-c5ccccc5)c43)c2)c1. The van der Waals surface area contributed by atoms with E-state index in [1.165, 1.54) is 5.39 Å². The highest BCUT2D eigenvalue weighted by Crippen LogP contribution is 2.46. The first-order valence-electron chi connectivity index (χ1n) is 22.8. The van der Waals surface area contributed by atoms with Gasteiger partial charge >= 0.3 is 0 Å². The van der Waals surface area contributed by atoms with Crippen molar-refractivity contribution in [2.24, 2.45) is 0 Å². The second-order valence-corrected chi connectivity index (χ2v) is 17.5. The Morgan fingerprint density at radius 2 is 0.750 bits per heavy atom. The van der Waals surface area contributed by atoms with Gasteiger partial charge in [0.1, 0.15) is 11.6 Å². The number of benzene rings is 10. The van der Waals surface area contributed by atoms with Crippen LogP contribution in [0.1, 0.15) is 11.1 Å². The Labute approximate surface area is 389 Å². The molecule has 0 aliphatic rings. The lowest BCUT2D eigenvalue weighted by molar-refractivity contribution is 1.12. The zero-order valence-electron chi connectivity index (χ0n) is 36.5. The van der Waals surface area contributed by atoms with Crippen LogP contribution >= 0.6 is 0 Å². The van der Waals surface area contributed by atoms with Crippen LogP contribution in [0.3, 0.4) is 0 Å². The number of aromatic nitrogens is 4. The van der Waals surface area contributed by atoms with Crippen molar-refractivity contribution >= 4 is 87.2 Å². The molecule has 14 rings (SSSR count). The Balaban J connectivity index is 1.17. The van der Waals surface area contributed by atoms with Gasteiger partial charge in [0.05, 0.1) is 67.1 Å². The average molecular weight is 865 g/mol. The zero-order valence-corrected chi connectivity index (χ0v) is 36.5. The molecular weight excluding hydrogens is 829 g/mol. The number of hydrogen-bond donors (Lipinski definition) is 0. The van der Waals surface area contributed by atoms with Crippen LogP contribution in [-0.4, -0.2) is 18.3 Å². The molecule has 0 aliphatic carbocycles. The fourth-order valence-electron chi connectivity index (χ4n) is 11.2. The van der Waals surface area contributed by atoms with E-state index in [9.17, 15) is 10.5 Å². The van der Waals surface area contributed by atoms with Gasteiger partial charge in [-0.1, -0.05) is 133 Å². The highest BCUT2D eigenvalue weighted by Gasteiger charge is 2.27. The quantitative estimate of drug-likeness (QED) is 0.173. The van der Waals surface area contributed by atoms with Gasteiger partial charge in [-0.2, -0.15) is 10.5 Å². The van der Waals surface area contributed by atoms with E-state index in [0.717, 1.165) is 116 Å². The molecule has 0 fully saturated rings. The van der Waals surface area contributed by atoms with Crippen LogP contribution in [0.25, 0.3) is 121 Å². The fraction of sp³-hybridized carbons (Fsp3) is 0. The minimum Gasteiger partial charge on any atom is -0.309 e. The largest absolute Gasteiger partial charge is 0.309 e. The predicted molar refractivity (Wildman–Crippen MR) is 279 cm³/mol. The maximum absolute atomic E-state index is 11.9. The van der Waals surface area contributed by atoms with Gasteiger partial charge in [0, 0.05) is 54.5 Å². The van der Waals surface area contributed by atoms with Gasteiger partial charge < -0.3 is 18.3 Å². The second kappa shape index (κ2) is 14.4. The maximum atomic E-state index is 11.9. The first kappa shape index (κ1) is 37.7. The first-order chi connectivity index (χ1) is 33.7. The van der Waals surface area contributed by atoms with Crippen molar-refractivity contribution in [1.82, 2.24) is 18.3 Å². The molecule has 0 spiro atoms. The highest BCUT2D eigenvalue weighted by atomic mass is 15.0. The normalized spacial score (nSPS) is 11.8. The van der Waals surface area contributed by atoms with Crippen LogP contribution in [0.2, 0.25) is 0 Å². The maximum Gasteiger partial charge on any atom is 0.104 e. The minimum absolute atomic E-state index is 0.531. The number of nitrogens with zero attached hydrogens (tertiary/aromatic N) is 6. The van der Waals surface area contributed by atoms with Crippen molar-refractivity contribution in [2.45, 2.75) is 0 Å². The lowest BCUT2D eigenvalue weighted by atomic mass is 9.98.